The number of alkyl halides is 3. The fourth-order valence-corrected chi connectivity index (χ4v) is 2.30. The van der Waals surface area contributed by atoms with Crippen LogP contribution in [0.5, 0.6) is 0 Å². The van der Waals surface area contributed by atoms with Crippen LogP contribution in [0, 0.1) is 0 Å². The molecule has 0 radical (unpaired) electrons. The van der Waals surface area contributed by atoms with Gasteiger partial charge in [-0.05, 0) is 24.5 Å². The maximum atomic E-state index is 13.1. The molecular formula is C14H19F3O3. The number of hydrogen-bond acceptors (Lipinski definition) is 3. The van der Waals surface area contributed by atoms with E-state index in [2.05, 4.69) is 0 Å². The average molecular weight is 292 g/mol. The first-order valence-corrected chi connectivity index (χ1v) is 6.82. The Bertz CT molecular complexity index is 422. The zero-order chi connectivity index (χ0) is 15.0. The van der Waals surface area contributed by atoms with Crippen molar-refractivity contribution in [3.63, 3.8) is 0 Å². The van der Waals surface area contributed by atoms with E-state index >= 15 is 0 Å². The number of unbranched alkanes of at least 4 members (excludes halogenated alkanes) is 1. The van der Waals surface area contributed by atoms with Crippen molar-refractivity contribution in [2.45, 2.75) is 57.3 Å². The average Bonchev–Trinajstić information content (AvgIpc) is 3.13. The highest BCUT2D eigenvalue weighted by Crippen LogP contribution is 2.44. The molecule has 1 N–H and O–H groups in total. The Morgan fingerprint density at radius 3 is 2.55 bits per heavy atom. The lowest BCUT2D eigenvalue weighted by atomic mass is 9.92. The van der Waals surface area contributed by atoms with Gasteiger partial charge in [0.2, 0.25) is 5.79 Å². The predicted octanol–water partition coefficient (Wildman–Crippen LogP) is 3.10. The van der Waals surface area contributed by atoms with Gasteiger partial charge in [0.25, 0.3) is 0 Å². The Balaban J connectivity index is 2.37. The summed E-state index contributed by atoms with van der Waals surface area (Å²) in [6, 6.07) is 0. The Labute approximate surface area is 116 Å². The zero-order valence-corrected chi connectivity index (χ0v) is 11.5. The highest BCUT2D eigenvalue weighted by Gasteiger charge is 2.58. The summed E-state index contributed by atoms with van der Waals surface area (Å²) in [5.41, 5.74) is 0.450. The van der Waals surface area contributed by atoms with Crippen molar-refractivity contribution in [3.8, 4) is 0 Å². The van der Waals surface area contributed by atoms with Gasteiger partial charge in [0, 0.05) is 5.57 Å². The van der Waals surface area contributed by atoms with Gasteiger partial charge in [-0.25, -0.2) is 0 Å². The monoisotopic (exact) mass is 292 g/mol. The molecule has 2 heterocycles. The first-order valence-electron chi connectivity index (χ1n) is 6.82. The minimum absolute atomic E-state index is 0.118. The van der Waals surface area contributed by atoms with Crippen LogP contribution in [-0.2, 0) is 9.47 Å². The van der Waals surface area contributed by atoms with Crippen molar-refractivity contribution in [2.24, 2.45) is 0 Å². The Morgan fingerprint density at radius 1 is 1.45 bits per heavy atom. The SMILES string of the molecule is CCC/C=C1/C=C(C2(O)CO2)C(C(F)(F)F)OC1CC. The molecule has 3 atom stereocenters. The van der Waals surface area contributed by atoms with Gasteiger partial charge in [-0.3, -0.25) is 0 Å². The van der Waals surface area contributed by atoms with Crippen LogP contribution in [-0.4, -0.2) is 35.9 Å². The molecular weight excluding hydrogens is 273 g/mol. The first-order chi connectivity index (χ1) is 9.31. The molecule has 0 aliphatic carbocycles. The highest BCUT2D eigenvalue weighted by molar-refractivity contribution is 5.38. The van der Waals surface area contributed by atoms with Crippen LogP contribution in [0.25, 0.3) is 0 Å². The van der Waals surface area contributed by atoms with Crippen LogP contribution in [0.3, 0.4) is 0 Å². The van der Waals surface area contributed by atoms with Crippen LogP contribution in [0.1, 0.15) is 33.1 Å². The number of aliphatic hydroxyl groups is 1. The molecule has 6 heteroatoms. The lowest BCUT2D eigenvalue weighted by Gasteiger charge is -2.34. The molecule has 2 aliphatic heterocycles. The van der Waals surface area contributed by atoms with Gasteiger partial charge in [0.15, 0.2) is 6.10 Å². The van der Waals surface area contributed by atoms with Crippen molar-refractivity contribution >= 4 is 0 Å². The van der Waals surface area contributed by atoms with Crippen molar-refractivity contribution in [1.29, 1.82) is 0 Å². The maximum absolute atomic E-state index is 13.1. The summed E-state index contributed by atoms with van der Waals surface area (Å²) in [6.07, 6.45) is -1.88. The molecule has 3 nitrogen and oxygen atoms in total. The Hall–Kier alpha value is -0.850. The molecule has 1 fully saturated rings. The topological polar surface area (TPSA) is 42.0 Å². The summed E-state index contributed by atoms with van der Waals surface area (Å²) < 4.78 is 49.2. The molecule has 1 saturated heterocycles. The van der Waals surface area contributed by atoms with Gasteiger partial charge in [-0.2, -0.15) is 13.2 Å². The zero-order valence-electron chi connectivity index (χ0n) is 11.5. The van der Waals surface area contributed by atoms with Crippen molar-refractivity contribution in [3.05, 3.63) is 23.3 Å². The van der Waals surface area contributed by atoms with E-state index in [1.165, 1.54) is 6.08 Å². The lowest BCUT2D eigenvalue weighted by molar-refractivity contribution is -0.224. The number of allylic oxidation sites excluding steroid dienone is 1. The van der Waals surface area contributed by atoms with Gasteiger partial charge < -0.3 is 14.6 Å². The third kappa shape index (κ3) is 3.07. The normalized spacial score (nSPS) is 36.1. The Morgan fingerprint density at radius 2 is 2.10 bits per heavy atom. The fourth-order valence-electron chi connectivity index (χ4n) is 2.30. The van der Waals surface area contributed by atoms with E-state index < -0.39 is 24.2 Å². The molecule has 0 bridgehead atoms. The first kappa shape index (κ1) is 15.5. The van der Waals surface area contributed by atoms with E-state index in [1.54, 1.807) is 6.92 Å². The van der Waals surface area contributed by atoms with Crippen LogP contribution >= 0.6 is 0 Å². The largest absolute Gasteiger partial charge is 0.418 e. The van der Waals surface area contributed by atoms with Crippen LogP contribution < -0.4 is 0 Å². The van der Waals surface area contributed by atoms with Gasteiger partial charge in [0.05, 0.1) is 6.10 Å². The number of epoxide rings is 1. The second-order valence-electron chi connectivity index (χ2n) is 5.12. The summed E-state index contributed by atoms with van der Waals surface area (Å²) in [5, 5.41) is 9.89. The van der Waals surface area contributed by atoms with Crippen molar-refractivity contribution in [1.82, 2.24) is 0 Å². The summed E-state index contributed by atoms with van der Waals surface area (Å²) in [7, 11) is 0. The van der Waals surface area contributed by atoms with Gasteiger partial charge >= 0.3 is 6.18 Å². The molecule has 20 heavy (non-hydrogen) atoms. The predicted molar refractivity (Wildman–Crippen MR) is 67.0 cm³/mol. The second-order valence-corrected chi connectivity index (χ2v) is 5.12. The third-order valence-electron chi connectivity index (χ3n) is 3.48. The van der Waals surface area contributed by atoms with E-state index in [-0.39, 0.29) is 12.2 Å². The molecule has 114 valence electrons. The van der Waals surface area contributed by atoms with Crippen LogP contribution in [0.15, 0.2) is 23.3 Å². The Kier molecular flexibility index (Phi) is 4.27. The summed E-state index contributed by atoms with van der Waals surface area (Å²) in [5.74, 6) is -1.82. The second kappa shape index (κ2) is 5.50. The summed E-state index contributed by atoms with van der Waals surface area (Å²) in [6.45, 7) is 3.65. The fraction of sp³-hybridized carbons (Fsp3) is 0.714. The quantitative estimate of drug-likeness (QED) is 0.810. The lowest BCUT2D eigenvalue weighted by Crippen LogP contribution is -2.44. The van der Waals surface area contributed by atoms with E-state index in [9.17, 15) is 18.3 Å². The van der Waals surface area contributed by atoms with E-state index in [0.29, 0.717) is 12.0 Å². The van der Waals surface area contributed by atoms with Crippen molar-refractivity contribution < 1.29 is 27.8 Å². The molecule has 2 rings (SSSR count). The third-order valence-corrected chi connectivity index (χ3v) is 3.48. The molecule has 0 amide bonds. The van der Waals surface area contributed by atoms with Gasteiger partial charge in [-0.15, -0.1) is 0 Å². The van der Waals surface area contributed by atoms with E-state index in [0.717, 1.165) is 12.8 Å². The number of rotatable bonds is 4. The highest BCUT2D eigenvalue weighted by atomic mass is 19.4. The molecule has 0 spiro atoms. The van der Waals surface area contributed by atoms with Crippen LogP contribution in [0.2, 0.25) is 0 Å². The molecule has 2 aliphatic rings. The molecule has 0 aromatic heterocycles. The molecule has 0 saturated carbocycles. The smallest absolute Gasteiger partial charge is 0.360 e. The minimum Gasteiger partial charge on any atom is -0.360 e. The number of ether oxygens (including phenoxy) is 2. The summed E-state index contributed by atoms with van der Waals surface area (Å²) >= 11 is 0. The minimum atomic E-state index is -4.56. The number of hydrogen-bond donors (Lipinski definition) is 1. The standard InChI is InChI=1S/C14H19F3O3/c1-3-5-6-9-7-10(13(18)8-19-13)12(14(15,16)17)20-11(9)4-2/h6-7,11-12,18H,3-5,8H2,1-2H3/b9-6-. The summed E-state index contributed by atoms with van der Waals surface area (Å²) in [4.78, 5) is 0. The van der Waals surface area contributed by atoms with Gasteiger partial charge in [-0.1, -0.05) is 26.3 Å². The van der Waals surface area contributed by atoms with E-state index in [4.69, 9.17) is 9.47 Å². The van der Waals surface area contributed by atoms with Crippen LogP contribution in [0.4, 0.5) is 13.2 Å². The van der Waals surface area contributed by atoms with E-state index in [1.807, 2.05) is 13.0 Å². The molecule has 0 aromatic rings. The molecule has 0 aromatic carbocycles. The molecule has 3 unspecified atom stereocenters. The maximum Gasteiger partial charge on any atom is 0.418 e. The van der Waals surface area contributed by atoms with Gasteiger partial charge in [0.1, 0.15) is 6.61 Å². The van der Waals surface area contributed by atoms with Crippen molar-refractivity contribution in [2.75, 3.05) is 6.61 Å². The number of halogens is 3.